The summed E-state index contributed by atoms with van der Waals surface area (Å²) in [7, 11) is -3.30. The van der Waals surface area contributed by atoms with Gasteiger partial charge >= 0.3 is 0 Å². The van der Waals surface area contributed by atoms with E-state index in [1.807, 2.05) is 26.0 Å². The van der Waals surface area contributed by atoms with Crippen LogP contribution in [-0.4, -0.2) is 38.2 Å². The third-order valence-corrected chi connectivity index (χ3v) is 4.65. The maximum Gasteiger partial charge on any atom is 0.216 e. The summed E-state index contributed by atoms with van der Waals surface area (Å²) in [6.45, 7) is 5.43. The van der Waals surface area contributed by atoms with E-state index in [2.05, 4.69) is 0 Å². The van der Waals surface area contributed by atoms with Crippen molar-refractivity contribution in [1.29, 1.82) is 0 Å². The van der Waals surface area contributed by atoms with E-state index in [-0.39, 0.29) is 12.4 Å². The summed E-state index contributed by atoms with van der Waals surface area (Å²) in [6.07, 6.45) is 0.774. The van der Waals surface area contributed by atoms with E-state index in [4.69, 9.17) is 10.5 Å². The van der Waals surface area contributed by atoms with Crippen molar-refractivity contribution >= 4 is 15.7 Å². The summed E-state index contributed by atoms with van der Waals surface area (Å²) >= 11 is 0. The molecule has 20 heavy (non-hydrogen) atoms. The third-order valence-electron chi connectivity index (χ3n) is 2.87. The highest BCUT2D eigenvalue weighted by molar-refractivity contribution is 7.89. The van der Waals surface area contributed by atoms with Crippen molar-refractivity contribution < 1.29 is 13.2 Å². The summed E-state index contributed by atoms with van der Waals surface area (Å²) < 4.78 is 31.2. The Bertz CT molecular complexity index is 503. The molecule has 0 atom stereocenters. The summed E-state index contributed by atoms with van der Waals surface area (Å²) in [4.78, 5) is 0. The van der Waals surface area contributed by atoms with Gasteiger partial charge in [0.2, 0.25) is 10.0 Å². The van der Waals surface area contributed by atoms with Crippen molar-refractivity contribution in [2.45, 2.75) is 26.8 Å². The van der Waals surface area contributed by atoms with Crippen LogP contribution in [0.5, 0.6) is 0 Å². The van der Waals surface area contributed by atoms with Crippen LogP contribution in [0.25, 0.3) is 0 Å². The molecule has 0 aliphatic carbocycles. The molecule has 0 fully saturated rings. The minimum atomic E-state index is -3.30. The number of hydrogen-bond donors (Lipinski definition) is 1. The van der Waals surface area contributed by atoms with Gasteiger partial charge in [0.25, 0.3) is 0 Å². The molecule has 114 valence electrons. The Balaban J connectivity index is 2.77. The molecular weight excluding hydrogens is 276 g/mol. The van der Waals surface area contributed by atoms with Gasteiger partial charge in [-0.15, -0.1) is 0 Å². The molecule has 0 aliphatic rings. The Morgan fingerprint density at radius 3 is 2.65 bits per heavy atom. The molecule has 6 heteroatoms. The van der Waals surface area contributed by atoms with Gasteiger partial charge in [-0.05, 0) is 31.0 Å². The lowest BCUT2D eigenvalue weighted by Crippen LogP contribution is -2.34. The molecule has 0 amide bonds. The minimum absolute atomic E-state index is 0.0170. The van der Waals surface area contributed by atoms with Crippen LogP contribution in [0, 0.1) is 0 Å². The molecule has 0 heterocycles. The second-order valence-corrected chi connectivity index (χ2v) is 6.68. The number of sulfonamides is 1. The van der Waals surface area contributed by atoms with Crippen molar-refractivity contribution in [2.75, 3.05) is 31.2 Å². The van der Waals surface area contributed by atoms with Gasteiger partial charge in [-0.25, -0.2) is 8.42 Å². The van der Waals surface area contributed by atoms with Crippen LogP contribution in [0.15, 0.2) is 24.3 Å². The number of hydrogen-bond acceptors (Lipinski definition) is 4. The van der Waals surface area contributed by atoms with Crippen LogP contribution >= 0.6 is 0 Å². The molecule has 0 bridgehead atoms. The second kappa shape index (κ2) is 8.24. The molecular formula is C14H24N2O3S. The number of ether oxygens (including phenoxy) is 1. The summed E-state index contributed by atoms with van der Waals surface area (Å²) in [5.74, 6) is 0.0170. The van der Waals surface area contributed by atoms with Gasteiger partial charge in [0.1, 0.15) is 0 Å². The first-order valence-electron chi connectivity index (χ1n) is 6.89. The van der Waals surface area contributed by atoms with E-state index in [0.717, 1.165) is 12.0 Å². The highest BCUT2D eigenvalue weighted by Gasteiger charge is 2.21. The fourth-order valence-electron chi connectivity index (χ4n) is 1.90. The molecule has 1 rings (SSSR count). The minimum Gasteiger partial charge on any atom is -0.399 e. The van der Waals surface area contributed by atoms with E-state index in [0.29, 0.717) is 25.4 Å². The largest absolute Gasteiger partial charge is 0.399 e. The van der Waals surface area contributed by atoms with Crippen molar-refractivity contribution in [1.82, 2.24) is 4.31 Å². The number of nitrogens with zero attached hydrogens (tertiary/aromatic N) is 1. The number of nitrogen functional groups attached to an aromatic ring is 1. The fraction of sp³-hybridized carbons (Fsp3) is 0.571. The smallest absolute Gasteiger partial charge is 0.216 e. The Kier molecular flexibility index (Phi) is 6.98. The average molecular weight is 300 g/mol. The van der Waals surface area contributed by atoms with Crippen LogP contribution in [0.3, 0.4) is 0 Å². The lowest BCUT2D eigenvalue weighted by Gasteiger charge is -2.21. The molecule has 1 aromatic rings. The molecule has 0 saturated heterocycles. The molecule has 5 nitrogen and oxygen atoms in total. The standard InChI is InChI=1S/C14H24N2O3S/c1-3-8-16(20(17,18)10-9-19-4-2)12-13-6-5-7-14(15)11-13/h5-7,11H,3-4,8-10,12,15H2,1-2H3. The number of rotatable bonds is 9. The van der Waals surface area contributed by atoms with Gasteiger partial charge in [-0.1, -0.05) is 19.1 Å². The first kappa shape index (κ1) is 16.9. The Hall–Kier alpha value is -1.11. The second-order valence-electron chi connectivity index (χ2n) is 4.59. The maximum atomic E-state index is 12.3. The van der Waals surface area contributed by atoms with Crippen LogP contribution in [0.4, 0.5) is 5.69 Å². The average Bonchev–Trinajstić information content (AvgIpc) is 2.38. The van der Waals surface area contributed by atoms with Gasteiger partial charge in [-0.3, -0.25) is 0 Å². The molecule has 0 radical (unpaired) electrons. The molecule has 1 aromatic carbocycles. The lowest BCUT2D eigenvalue weighted by molar-refractivity contribution is 0.162. The molecule has 0 spiro atoms. The normalized spacial score (nSPS) is 11.9. The van der Waals surface area contributed by atoms with Gasteiger partial charge in [0.05, 0.1) is 12.4 Å². The highest BCUT2D eigenvalue weighted by Crippen LogP contribution is 2.13. The van der Waals surface area contributed by atoms with E-state index >= 15 is 0 Å². The highest BCUT2D eigenvalue weighted by atomic mass is 32.2. The third kappa shape index (κ3) is 5.48. The SMILES string of the molecule is CCCN(Cc1cccc(N)c1)S(=O)(=O)CCOCC. The van der Waals surface area contributed by atoms with Crippen molar-refractivity contribution in [3.63, 3.8) is 0 Å². The Morgan fingerprint density at radius 2 is 2.05 bits per heavy atom. The van der Waals surface area contributed by atoms with Crippen molar-refractivity contribution in [3.8, 4) is 0 Å². The zero-order valence-corrected chi connectivity index (χ0v) is 13.0. The Labute approximate surface area is 121 Å². The van der Waals surface area contributed by atoms with E-state index < -0.39 is 10.0 Å². The van der Waals surface area contributed by atoms with Crippen molar-refractivity contribution in [3.05, 3.63) is 29.8 Å². The number of benzene rings is 1. The van der Waals surface area contributed by atoms with E-state index in [9.17, 15) is 8.42 Å². The molecule has 0 saturated carbocycles. The first-order valence-corrected chi connectivity index (χ1v) is 8.50. The summed E-state index contributed by atoms with van der Waals surface area (Å²) in [6, 6.07) is 7.32. The monoisotopic (exact) mass is 300 g/mol. The summed E-state index contributed by atoms with van der Waals surface area (Å²) in [5, 5.41) is 0. The molecule has 0 aromatic heterocycles. The fourth-order valence-corrected chi connectivity index (χ4v) is 3.29. The topological polar surface area (TPSA) is 72.6 Å². The summed E-state index contributed by atoms with van der Waals surface area (Å²) in [5.41, 5.74) is 7.27. The number of nitrogens with two attached hydrogens (primary N) is 1. The van der Waals surface area contributed by atoms with Crippen LogP contribution in [0.2, 0.25) is 0 Å². The zero-order valence-electron chi connectivity index (χ0n) is 12.2. The zero-order chi connectivity index (χ0) is 15.0. The maximum absolute atomic E-state index is 12.3. The number of anilines is 1. The predicted octanol–water partition coefficient (Wildman–Crippen LogP) is 1.85. The predicted molar refractivity (Wildman–Crippen MR) is 81.8 cm³/mol. The van der Waals surface area contributed by atoms with Gasteiger partial charge < -0.3 is 10.5 Å². The van der Waals surface area contributed by atoms with Gasteiger partial charge in [0, 0.05) is 25.4 Å². The Morgan fingerprint density at radius 1 is 1.30 bits per heavy atom. The van der Waals surface area contributed by atoms with E-state index in [1.54, 1.807) is 12.1 Å². The molecule has 2 N–H and O–H groups in total. The molecule has 0 aliphatic heterocycles. The quantitative estimate of drug-likeness (QED) is 0.558. The van der Waals surface area contributed by atoms with Gasteiger partial charge in [0.15, 0.2) is 0 Å². The lowest BCUT2D eigenvalue weighted by atomic mass is 10.2. The van der Waals surface area contributed by atoms with Crippen LogP contribution < -0.4 is 5.73 Å². The molecule has 0 unspecified atom stereocenters. The van der Waals surface area contributed by atoms with E-state index in [1.165, 1.54) is 4.31 Å². The van der Waals surface area contributed by atoms with Crippen LogP contribution in [0.1, 0.15) is 25.8 Å². The first-order chi connectivity index (χ1) is 9.49. The van der Waals surface area contributed by atoms with Crippen LogP contribution in [-0.2, 0) is 21.3 Å². The van der Waals surface area contributed by atoms with Gasteiger partial charge in [-0.2, -0.15) is 4.31 Å². The van der Waals surface area contributed by atoms with Crippen molar-refractivity contribution in [2.24, 2.45) is 0 Å².